The number of piperazine rings is 1. The van der Waals surface area contributed by atoms with Crippen molar-refractivity contribution in [2.45, 2.75) is 38.8 Å². The minimum absolute atomic E-state index is 0.279. The van der Waals surface area contributed by atoms with Crippen LogP contribution in [0.5, 0.6) is 11.5 Å². The van der Waals surface area contributed by atoms with Crippen molar-refractivity contribution in [2.24, 2.45) is 0 Å². The predicted molar refractivity (Wildman–Crippen MR) is 181 cm³/mol. The van der Waals surface area contributed by atoms with Gasteiger partial charge in [0.15, 0.2) is 11.5 Å². The van der Waals surface area contributed by atoms with Crippen LogP contribution >= 0.6 is 0 Å². The number of amides is 3. The van der Waals surface area contributed by atoms with Gasteiger partial charge in [-0.15, -0.1) is 0 Å². The SMILES string of the molecule is COc1ccc([C@@H](CCCNC(=O)c2cnoc2C)N2C(=O)c3cccc(N4CCN([C@H](C)c5ccccc5)CC4)c3C2=O)cc1OC. The summed E-state index contributed by atoms with van der Waals surface area (Å²) in [4.78, 5) is 47.2. The highest BCUT2D eigenvalue weighted by molar-refractivity contribution is 6.24. The third-order valence-corrected chi connectivity index (χ3v) is 9.45. The molecule has 2 aliphatic heterocycles. The van der Waals surface area contributed by atoms with Crippen molar-refractivity contribution in [3.8, 4) is 11.5 Å². The molecule has 6 rings (SSSR count). The molecule has 11 nitrogen and oxygen atoms in total. The third-order valence-electron chi connectivity index (χ3n) is 9.45. The van der Waals surface area contributed by atoms with E-state index in [2.05, 4.69) is 51.5 Å². The first-order chi connectivity index (χ1) is 23.3. The molecule has 48 heavy (non-hydrogen) atoms. The van der Waals surface area contributed by atoms with Gasteiger partial charge in [0, 0.05) is 38.8 Å². The average Bonchev–Trinajstić information content (AvgIpc) is 3.67. The number of benzene rings is 3. The highest BCUT2D eigenvalue weighted by Crippen LogP contribution is 2.40. The van der Waals surface area contributed by atoms with Crippen LogP contribution in [0, 0.1) is 6.92 Å². The van der Waals surface area contributed by atoms with Gasteiger partial charge in [0.2, 0.25) is 0 Å². The van der Waals surface area contributed by atoms with E-state index in [4.69, 9.17) is 14.0 Å². The fourth-order valence-corrected chi connectivity index (χ4v) is 6.74. The topological polar surface area (TPSA) is 117 Å². The second-order valence-corrected chi connectivity index (χ2v) is 12.1. The van der Waals surface area contributed by atoms with Gasteiger partial charge in [0.25, 0.3) is 17.7 Å². The van der Waals surface area contributed by atoms with Crippen LogP contribution in [0.1, 0.15) is 79.8 Å². The quantitative estimate of drug-likeness (QED) is 0.158. The first-order valence-corrected chi connectivity index (χ1v) is 16.3. The molecule has 0 radical (unpaired) electrons. The van der Waals surface area contributed by atoms with Gasteiger partial charge < -0.3 is 24.2 Å². The highest BCUT2D eigenvalue weighted by Gasteiger charge is 2.43. The number of nitrogens with one attached hydrogen (secondary N) is 1. The molecule has 1 saturated heterocycles. The van der Waals surface area contributed by atoms with E-state index in [9.17, 15) is 14.4 Å². The minimum atomic E-state index is -0.608. The van der Waals surface area contributed by atoms with Crippen molar-refractivity contribution < 1.29 is 28.4 Å². The Kier molecular flexibility index (Phi) is 9.77. The lowest BCUT2D eigenvalue weighted by Crippen LogP contribution is -2.47. The molecule has 0 unspecified atom stereocenters. The molecule has 250 valence electrons. The molecule has 11 heteroatoms. The van der Waals surface area contributed by atoms with Gasteiger partial charge in [0.1, 0.15) is 11.3 Å². The van der Waals surface area contributed by atoms with E-state index in [1.165, 1.54) is 16.7 Å². The van der Waals surface area contributed by atoms with Crippen LogP contribution in [-0.4, -0.2) is 79.6 Å². The lowest BCUT2D eigenvalue weighted by molar-refractivity contribution is 0.0570. The smallest absolute Gasteiger partial charge is 0.264 e. The number of imide groups is 1. The van der Waals surface area contributed by atoms with Gasteiger partial charge in [-0.05, 0) is 62.1 Å². The summed E-state index contributed by atoms with van der Waals surface area (Å²) < 4.78 is 16.0. The fourth-order valence-electron chi connectivity index (χ4n) is 6.74. The zero-order valence-corrected chi connectivity index (χ0v) is 27.8. The third kappa shape index (κ3) is 6.37. The van der Waals surface area contributed by atoms with Crippen LogP contribution in [-0.2, 0) is 0 Å². The van der Waals surface area contributed by atoms with Crippen molar-refractivity contribution in [2.75, 3.05) is 51.8 Å². The van der Waals surface area contributed by atoms with E-state index in [0.717, 1.165) is 37.4 Å². The summed E-state index contributed by atoms with van der Waals surface area (Å²) in [5.74, 6) is 0.522. The van der Waals surface area contributed by atoms with E-state index in [0.29, 0.717) is 53.3 Å². The van der Waals surface area contributed by atoms with Gasteiger partial charge in [-0.25, -0.2) is 0 Å². The molecule has 3 heterocycles. The van der Waals surface area contributed by atoms with Gasteiger partial charge in [-0.2, -0.15) is 0 Å². The van der Waals surface area contributed by atoms with Gasteiger partial charge >= 0.3 is 0 Å². The summed E-state index contributed by atoms with van der Waals surface area (Å²) in [6.45, 7) is 7.36. The summed E-state index contributed by atoms with van der Waals surface area (Å²) in [5, 5.41) is 6.57. The predicted octanol–water partition coefficient (Wildman–Crippen LogP) is 5.43. The van der Waals surface area contributed by atoms with Gasteiger partial charge in [0.05, 0.1) is 43.3 Å². The molecule has 0 spiro atoms. The second-order valence-electron chi connectivity index (χ2n) is 12.1. The number of nitrogens with zero attached hydrogens (tertiary/aromatic N) is 4. The van der Waals surface area contributed by atoms with Crippen molar-refractivity contribution >= 4 is 23.4 Å². The van der Waals surface area contributed by atoms with Crippen molar-refractivity contribution in [1.29, 1.82) is 0 Å². The number of carbonyl (C=O) groups excluding carboxylic acids is 3. The van der Waals surface area contributed by atoms with E-state index in [1.54, 1.807) is 39.3 Å². The van der Waals surface area contributed by atoms with E-state index in [-0.39, 0.29) is 23.8 Å². The number of fused-ring (bicyclic) bond motifs is 1. The molecule has 3 aromatic carbocycles. The largest absolute Gasteiger partial charge is 0.493 e. The first-order valence-electron chi connectivity index (χ1n) is 16.3. The maximum absolute atomic E-state index is 14.4. The zero-order chi connectivity index (χ0) is 33.8. The van der Waals surface area contributed by atoms with Crippen molar-refractivity contribution in [3.63, 3.8) is 0 Å². The van der Waals surface area contributed by atoms with Crippen LogP contribution in [0.15, 0.2) is 77.4 Å². The number of methoxy groups -OCH3 is 2. The summed E-state index contributed by atoms with van der Waals surface area (Å²) in [6, 6.07) is 21.1. The van der Waals surface area contributed by atoms with E-state index >= 15 is 0 Å². The van der Waals surface area contributed by atoms with Crippen LogP contribution < -0.4 is 19.7 Å². The number of aromatic nitrogens is 1. The molecule has 0 aliphatic carbocycles. The lowest BCUT2D eigenvalue weighted by atomic mass is 9.99. The molecule has 1 aromatic heterocycles. The van der Waals surface area contributed by atoms with Gasteiger partial charge in [-0.1, -0.05) is 47.6 Å². The summed E-state index contributed by atoms with van der Waals surface area (Å²) in [6.07, 6.45) is 2.29. The molecule has 1 fully saturated rings. The number of aryl methyl sites for hydroxylation is 1. The average molecular weight is 652 g/mol. The number of hydrogen-bond donors (Lipinski definition) is 1. The Bertz CT molecular complexity index is 1780. The Morgan fingerprint density at radius 2 is 1.67 bits per heavy atom. The Labute approximate surface area is 280 Å². The van der Waals surface area contributed by atoms with Crippen LogP contribution in [0.2, 0.25) is 0 Å². The van der Waals surface area contributed by atoms with Crippen LogP contribution in [0.3, 0.4) is 0 Å². The molecule has 2 atom stereocenters. The monoisotopic (exact) mass is 651 g/mol. The van der Waals surface area contributed by atoms with Gasteiger partial charge in [-0.3, -0.25) is 24.2 Å². The van der Waals surface area contributed by atoms with Crippen molar-refractivity contribution in [1.82, 2.24) is 20.3 Å². The maximum atomic E-state index is 14.4. The Hall–Kier alpha value is -5.16. The highest BCUT2D eigenvalue weighted by atomic mass is 16.5. The Morgan fingerprint density at radius 3 is 2.35 bits per heavy atom. The molecule has 3 amide bonds. The lowest BCUT2D eigenvalue weighted by Gasteiger charge is -2.39. The molecule has 0 bridgehead atoms. The van der Waals surface area contributed by atoms with Crippen molar-refractivity contribution in [3.05, 3.63) is 107 Å². The fraction of sp³-hybridized carbons (Fsp3) is 0.351. The summed E-state index contributed by atoms with van der Waals surface area (Å²) >= 11 is 0. The maximum Gasteiger partial charge on any atom is 0.264 e. The zero-order valence-electron chi connectivity index (χ0n) is 27.8. The first kappa shape index (κ1) is 32.8. The number of anilines is 1. The van der Waals surface area contributed by atoms with E-state index in [1.807, 2.05) is 24.3 Å². The Balaban J connectivity index is 1.23. The Morgan fingerprint density at radius 1 is 0.917 bits per heavy atom. The normalized spacial score (nSPS) is 16.1. The number of carbonyl (C=O) groups is 3. The minimum Gasteiger partial charge on any atom is -0.493 e. The number of hydrogen-bond acceptors (Lipinski definition) is 9. The number of ether oxygens (including phenoxy) is 2. The van der Waals surface area contributed by atoms with Crippen LogP contribution in [0.25, 0.3) is 0 Å². The summed E-state index contributed by atoms with van der Waals surface area (Å²) in [7, 11) is 3.11. The summed E-state index contributed by atoms with van der Waals surface area (Å²) in [5.41, 5.74) is 4.00. The van der Waals surface area contributed by atoms with Crippen LogP contribution in [0.4, 0.5) is 5.69 Å². The molecular weight excluding hydrogens is 610 g/mol. The molecule has 2 aliphatic rings. The standard InChI is InChI=1S/C37H41N5O6/c1-24(26-10-6-5-7-11-26)40-18-20-41(21-19-40)31-13-8-12-28-34(31)37(45)42(36(28)44)30(27-15-16-32(46-3)33(22-27)47-4)14-9-17-38-35(43)29-23-39-48-25(29)2/h5-8,10-13,15-16,22-24,30H,9,14,17-21H2,1-4H3,(H,38,43)/t24-,30-/m1/s1. The second kappa shape index (κ2) is 14.3. The molecular formula is C37H41N5O6. The van der Waals surface area contributed by atoms with E-state index < -0.39 is 6.04 Å². The molecule has 0 saturated carbocycles. The number of rotatable bonds is 12. The molecule has 4 aromatic rings. The molecule has 1 N–H and O–H groups in total.